The summed E-state index contributed by atoms with van der Waals surface area (Å²) in [4.78, 5) is 42.7. The fourth-order valence-corrected chi connectivity index (χ4v) is 4.68. The number of aromatic nitrogens is 1. The molecule has 0 unspecified atom stereocenters. The van der Waals surface area contributed by atoms with E-state index >= 15 is 0 Å². The Hall–Kier alpha value is -4.64. The molecule has 5 N–H and O–H groups in total. The summed E-state index contributed by atoms with van der Waals surface area (Å²) in [6, 6.07) is 19.2. The van der Waals surface area contributed by atoms with Crippen LogP contribution >= 0.6 is 11.5 Å². The lowest BCUT2D eigenvalue weighted by Crippen LogP contribution is -2.43. The number of carbonyl (C=O) groups excluding carboxylic acids is 3. The summed E-state index contributed by atoms with van der Waals surface area (Å²) in [5, 5.41) is 2.95. The number of nitrogens with two attached hydrogens (primary N) is 2. The minimum Gasteiger partial charge on any atom is -0.467 e. The summed E-state index contributed by atoms with van der Waals surface area (Å²) in [5.74, 6) is -1.36. The largest absolute Gasteiger partial charge is 0.467 e. The van der Waals surface area contributed by atoms with Crippen molar-refractivity contribution in [1.82, 2.24) is 14.6 Å². The molecule has 2 heterocycles. The molecule has 0 bridgehead atoms. The molecule has 0 aliphatic carbocycles. The first-order chi connectivity index (χ1) is 18.3. The second-order valence-electron chi connectivity index (χ2n) is 8.74. The molecule has 0 aliphatic heterocycles. The van der Waals surface area contributed by atoms with Gasteiger partial charge in [0, 0.05) is 26.3 Å². The van der Waals surface area contributed by atoms with Crippen LogP contribution in [0, 0.1) is 0 Å². The topological polar surface area (TPSA) is 148 Å². The summed E-state index contributed by atoms with van der Waals surface area (Å²) in [5.41, 5.74) is 13.6. The third kappa shape index (κ3) is 5.84. The zero-order chi connectivity index (χ0) is 27.2. The molecule has 0 aliphatic rings. The number of nitrogens with zero attached hydrogens (tertiary/aromatic N) is 3. The number of amides is 3. The van der Waals surface area contributed by atoms with E-state index in [4.69, 9.17) is 15.9 Å². The molecule has 0 radical (unpaired) electrons. The molecule has 1 atom stereocenters. The van der Waals surface area contributed by atoms with E-state index < -0.39 is 23.8 Å². The third-order valence-electron chi connectivity index (χ3n) is 5.92. The Morgan fingerprint density at radius 2 is 1.74 bits per heavy atom. The monoisotopic (exact) mass is 532 g/mol. The van der Waals surface area contributed by atoms with Crippen molar-refractivity contribution in [3.8, 4) is 0 Å². The normalized spacial score (nSPS) is 11.5. The van der Waals surface area contributed by atoms with Crippen LogP contribution in [0.2, 0.25) is 0 Å². The number of carbonyl (C=O) groups is 3. The SMILES string of the molecule is CN(C)c1ccc([C@@H](C(=O)NCc2ccccc2)N(Cc2ccco2)C(=O)c2snc(C(N)=O)c2N)cc1. The van der Waals surface area contributed by atoms with Crippen LogP contribution in [-0.4, -0.2) is 41.1 Å². The van der Waals surface area contributed by atoms with Gasteiger partial charge < -0.3 is 31.0 Å². The molecule has 0 fully saturated rings. The second-order valence-corrected chi connectivity index (χ2v) is 9.52. The predicted octanol–water partition coefficient (Wildman–Crippen LogP) is 3.18. The first kappa shape index (κ1) is 26.4. The van der Waals surface area contributed by atoms with Gasteiger partial charge >= 0.3 is 0 Å². The van der Waals surface area contributed by atoms with Crippen LogP contribution in [0.25, 0.3) is 0 Å². The minimum absolute atomic E-state index is 0.0103. The van der Waals surface area contributed by atoms with Crippen LogP contribution in [0.3, 0.4) is 0 Å². The molecule has 11 heteroatoms. The van der Waals surface area contributed by atoms with Gasteiger partial charge in [-0.25, -0.2) is 0 Å². The average Bonchev–Trinajstić information content (AvgIpc) is 3.57. The summed E-state index contributed by atoms with van der Waals surface area (Å²) in [7, 11) is 3.82. The Kier molecular flexibility index (Phi) is 8.07. The molecular formula is C27H28N6O4S. The van der Waals surface area contributed by atoms with Crippen molar-refractivity contribution in [1.29, 1.82) is 0 Å². The van der Waals surface area contributed by atoms with E-state index in [2.05, 4.69) is 9.69 Å². The van der Waals surface area contributed by atoms with Gasteiger partial charge in [0.15, 0.2) is 5.69 Å². The quantitative estimate of drug-likeness (QED) is 0.284. The van der Waals surface area contributed by atoms with Crippen molar-refractivity contribution in [3.63, 3.8) is 0 Å². The van der Waals surface area contributed by atoms with Crippen molar-refractivity contribution >= 4 is 40.6 Å². The molecule has 196 valence electrons. The number of nitrogen functional groups attached to an aromatic ring is 1. The van der Waals surface area contributed by atoms with E-state index in [1.54, 1.807) is 24.3 Å². The third-order valence-corrected chi connectivity index (χ3v) is 6.77. The van der Waals surface area contributed by atoms with Gasteiger partial charge in [-0.3, -0.25) is 14.4 Å². The van der Waals surface area contributed by atoms with Gasteiger partial charge in [-0.1, -0.05) is 42.5 Å². The van der Waals surface area contributed by atoms with E-state index in [1.165, 1.54) is 11.2 Å². The predicted molar refractivity (Wildman–Crippen MR) is 145 cm³/mol. The van der Waals surface area contributed by atoms with Crippen LogP contribution < -0.4 is 21.7 Å². The van der Waals surface area contributed by atoms with Gasteiger partial charge in [0.1, 0.15) is 16.7 Å². The fourth-order valence-electron chi connectivity index (χ4n) is 3.92. The lowest BCUT2D eigenvalue weighted by molar-refractivity contribution is -0.126. The maximum absolute atomic E-state index is 13.9. The second kappa shape index (κ2) is 11.6. The molecule has 0 saturated heterocycles. The van der Waals surface area contributed by atoms with Crippen LogP contribution in [0.1, 0.15) is 43.1 Å². The summed E-state index contributed by atoms with van der Waals surface area (Å²) >= 11 is 0.758. The smallest absolute Gasteiger partial charge is 0.270 e. The Morgan fingerprint density at radius 3 is 2.32 bits per heavy atom. The van der Waals surface area contributed by atoms with Gasteiger partial charge in [-0.2, -0.15) is 4.37 Å². The lowest BCUT2D eigenvalue weighted by atomic mass is 10.0. The molecule has 4 aromatic rings. The maximum Gasteiger partial charge on any atom is 0.270 e. The number of benzene rings is 2. The summed E-state index contributed by atoms with van der Waals surface area (Å²) in [6.07, 6.45) is 1.49. The van der Waals surface area contributed by atoms with Crippen molar-refractivity contribution in [2.75, 3.05) is 24.7 Å². The highest BCUT2D eigenvalue weighted by Gasteiger charge is 2.35. The average molecular weight is 533 g/mol. The van der Waals surface area contributed by atoms with Crippen molar-refractivity contribution in [2.45, 2.75) is 19.1 Å². The van der Waals surface area contributed by atoms with Crippen LogP contribution in [-0.2, 0) is 17.9 Å². The van der Waals surface area contributed by atoms with Crippen LogP contribution in [0.4, 0.5) is 11.4 Å². The van der Waals surface area contributed by atoms with Gasteiger partial charge in [-0.05, 0) is 46.9 Å². The summed E-state index contributed by atoms with van der Waals surface area (Å²) < 4.78 is 9.48. The number of primary amides is 1. The minimum atomic E-state index is -1.05. The number of nitrogens with one attached hydrogen (secondary N) is 1. The molecule has 0 spiro atoms. The first-order valence-electron chi connectivity index (χ1n) is 11.7. The standard InChI is InChI=1S/C27H28N6O4S/c1-32(2)19-12-10-18(11-13-19)23(26(35)30-15-17-7-4-3-5-8-17)33(16-20-9-6-14-37-20)27(36)24-21(28)22(25(29)34)31-38-24/h3-14,23H,15-16,28H2,1-2H3,(H2,29,34)(H,30,35)/t23-/m0/s1. The highest BCUT2D eigenvalue weighted by atomic mass is 32.1. The number of rotatable bonds is 10. The molecule has 2 aromatic carbocycles. The molecule has 4 rings (SSSR count). The number of anilines is 2. The van der Waals surface area contributed by atoms with Crippen LogP contribution in [0.15, 0.2) is 77.4 Å². The van der Waals surface area contributed by atoms with Gasteiger partial charge in [0.05, 0.1) is 18.5 Å². The Labute approximate surface area is 224 Å². The highest BCUT2D eigenvalue weighted by molar-refractivity contribution is 7.09. The molecule has 2 aromatic heterocycles. The van der Waals surface area contributed by atoms with E-state index in [0.29, 0.717) is 11.3 Å². The first-order valence-corrected chi connectivity index (χ1v) is 12.5. The fraction of sp³-hybridized carbons (Fsp3) is 0.185. The van der Waals surface area contributed by atoms with E-state index in [9.17, 15) is 14.4 Å². The number of hydrogen-bond donors (Lipinski definition) is 3. The van der Waals surface area contributed by atoms with Crippen molar-refractivity contribution in [2.24, 2.45) is 5.73 Å². The molecule has 0 saturated carbocycles. The van der Waals surface area contributed by atoms with Gasteiger partial charge in [-0.15, -0.1) is 0 Å². The number of furan rings is 1. The lowest BCUT2D eigenvalue weighted by Gasteiger charge is -2.31. The zero-order valence-corrected chi connectivity index (χ0v) is 21.8. The van der Waals surface area contributed by atoms with E-state index in [1.807, 2.05) is 61.5 Å². The number of hydrogen-bond acceptors (Lipinski definition) is 8. The van der Waals surface area contributed by atoms with Crippen LogP contribution in [0.5, 0.6) is 0 Å². The maximum atomic E-state index is 13.9. The van der Waals surface area contributed by atoms with Gasteiger partial charge in [0.2, 0.25) is 5.91 Å². The molecule has 38 heavy (non-hydrogen) atoms. The molecular weight excluding hydrogens is 504 g/mol. The Morgan fingerprint density at radius 1 is 1.03 bits per heavy atom. The van der Waals surface area contributed by atoms with Gasteiger partial charge in [0.25, 0.3) is 11.8 Å². The Balaban J connectivity index is 1.76. The summed E-state index contributed by atoms with van der Waals surface area (Å²) in [6.45, 7) is 0.233. The Bertz CT molecular complexity index is 1400. The van der Waals surface area contributed by atoms with E-state index in [0.717, 1.165) is 22.8 Å². The molecule has 10 nitrogen and oxygen atoms in total. The highest BCUT2D eigenvalue weighted by Crippen LogP contribution is 2.31. The molecule has 3 amide bonds. The van der Waals surface area contributed by atoms with E-state index in [-0.39, 0.29) is 29.3 Å². The van der Waals surface area contributed by atoms with Crippen molar-refractivity contribution < 1.29 is 18.8 Å². The zero-order valence-electron chi connectivity index (χ0n) is 21.0. The van der Waals surface area contributed by atoms with Crippen molar-refractivity contribution in [3.05, 3.63) is 100 Å².